The average Bonchev–Trinajstić information content (AvgIpc) is 2.53. The molecule has 5 heteroatoms. The molecule has 3 saturated carbocycles. The topological polar surface area (TPSA) is 43.1 Å². The molecule has 0 heterocycles. The molecular weight excluding hydrogens is 390 g/mol. The Morgan fingerprint density at radius 1 is 1.40 bits per heavy atom. The molecule has 15 heavy (non-hydrogen) atoms. The highest BCUT2D eigenvalue weighted by Gasteiger charge is 2.82. The molecule has 1 amide bonds. The molecular formula is C10H14Br3NO. The van der Waals surface area contributed by atoms with E-state index in [9.17, 15) is 4.79 Å². The molecule has 0 aromatic rings. The van der Waals surface area contributed by atoms with Crippen molar-refractivity contribution in [2.45, 2.75) is 35.3 Å². The van der Waals surface area contributed by atoms with Crippen molar-refractivity contribution in [2.24, 2.45) is 22.0 Å². The number of carbonyl (C=O) groups is 1. The number of hydrogen-bond acceptors (Lipinski definition) is 1. The maximum atomic E-state index is 11.7. The Morgan fingerprint density at radius 2 is 1.93 bits per heavy atom. The SMILES string of the molecule is CC1(C)[C@]2(C(N)=O)CC[C@@]1(C(Br)Br)[C@H]2Br. The van der Waals surface area contributed by atoms with Gasteiger partial charge in [-0.15, -0.1) is 0 Å². The fourth-order valence-electron chi connectivity index (χ4n) is 3.74. The molecule has 3 atom stereocenters. The molecule has 3 aliphatic carbocycles. The summed E-state index contributed by atoms with van der Waals surface area (Å²) in [6.07, 6.45) is 1.92. The van der Waals surface area contributed by atoms with Gasteiger partial charge in [0.25, 0.3) is 0 Å². The molecule has 3 fully saturated rings. The number of halogens is 3. The van der Waals surface area contributed by atoms with Crippen LogP contribution in [-0.2, 0) is 4.79 Å². The molecule has 0 aromatic carbocycles. The molecule has 2 bridgehead atoms. The minimum absolute atomic E-state index is 0.0579. The first-order valence-electron chi connectivity index (χ1n) is 4.97. The first-order valence-corrected chi connectivity index (χ1v) is 7.72. The lowest BCUT2D eigenvalue weighted by molar-refractivity contribution is -0.158. The summed E-state index contributed by atoms with van der Waals surface area (Å²) < 4.78 is 0.215. The van der Waals surface area contributed by atoms with E-state index in [4.69, 9.17) is 5.73 Å². The van der Waals surface area contributed by atoms with Gasteiger partial charge in [-0.1, -0.05) is 61.6 Å². The van der Waals surface area contributed by atoms with Gasteiger partial charge in [0.05, 0.1) is 9.15 Å². The second-order valence-electron chi connectivity index (χ2n) is 5.16. The minimum atomic E-state index is -0.368. The number of carbonyl (C=O) groups excluding carboxylic acids is 1. The van der Waals surface area contributed by atoms with Gasteiger partial charge in [-0.25, -0.2) is 0 Å². The van der Waals surface area contributed by atoms with Crippen LogP contribution in [0.25, 0.3) is 0 Å². The number of nitrogens with two attached hydrogens (primary N) is 1. The van der Waals surface area contributed by atoms with Crippen LogP contribution in [0.15, 0.2) is 0 Å². The number of hydrogen-bond donors (Lipinski definition) is 1. The van der Waals surface area contributed by atoms with E-state index in [1.807, 2.05) is 0 Å². The third-order valence-electron chi connectivity index (χ3n) is 4.93. The standard InChI is InChI=1S/C10H14Br3NO/c1-8(2)9(6(12)13)3-4-10(8,5(9)11)7(14)15/h5-6H,3-4H2,1-2H3,(H2,14,15)/t5-,9+,10-/m1/s1. The van der Waals surface area contributed by atoms with Crippen molar-refractivity contribution in [1.82, 2.24) is 0 Å². The van der Waals surface area contributed by atoms with Crippen molar-refractivity contribution in [3.05, 3.63) is 0 Å². The number of rotatable bonds is 2. The van der Waals surface area contributed by atoms with Gasteiger partial charge in [-0.2, -0.15) is 0 Å². The average molecular weight is 404 g/mol. The lowest BCUT2D eigenvalue weighted by Crippen LogP contribution is -2.71. The zero-order valence-electron chi connectivity index (χ0n) is 8.69. The van der Waals surface area contributed by atoms with Crippen molar-refractivity contribution in [1.29, 1.82) is 0 Å². The van der Waals surface area contributed by atoms with Gasteiger partial charge < -0.3 is 5.73 Å². The van der Waals surface area contributed by atoms with E-state index in [0.29, 0.717) is 0 Å². The Hall–Kier alpha value is 0.910. The van der Waals surface area contributed by atoms with E-state index in [1.165, 1.54) is 0 Å². The monoisotopic (exact) mass is 401 g/mol. The maximum absolute atomic E-state index is 11.7. The van der Waals surface area contributed by atoms with E-state index in [1.54, 1.807) is 0 Å². The van der Waals surface area contributed by atoms with Gasteiger partial charge in [-0.3, -0.25) is 4.79 Å². The van der Waals surface area contributed by atoms with Crippen LogP contribution >= 0.6 is 47.8 Å². The molecule has 3 rings (SSSR count). The predicted molar refractivity (Wildman–Crippen MR) is 71.4 cm³/mol. The zero-order chi connectivity index (χ0) is 11.6. The summed E-state index contributed by atoms with van der Waals surface area (Å²) in [6, 6.07) is 0. The van der Waals surface area contributed by atoms with Crippen LogP contribution in [0, 0.1) is 16.2 Å². The first kappa shape index (κ1) is 12.4. The van der Waals surface area contributed by atoms with Gasteiger partial charge in [0.1, 0.15) is 0 Å². The molecule has 0 saturated heterocycles. The second kappa shape index (κ2) is 3.22. The van der Waals surface area contributed by atoms with Gasteiger partial charge >= 0.3 is 0 Å². The minimum Gasteiger partial charge on any atom is -0.369 e. The molecule has 0 aliphatic heterocycles. The lowest BCUT2D eigenvalue weighted by Gasteiger charge is -2.65. The van der Waals surface area contributed by atoms with Crippen molar-refractivity contribution < 1.29 is 4.79 Å². The van der Waals surface area contributed by atoms with Crippen LogP contribution in [0.5, 0.6) is 0 Å². The Balaban J connectivity index is 2.50. The van der Waals surface area contributed by atoms with E-state index >= 15 is 0 Å². The Kier molecular flexibility index (Phi) is 2.66. The van der Waals surface area contributed by atoms with Crippen LogP contribution in [-0.4, -0.2) is 14.5 Å². The molecule has 86 valence electrons. The summed E-state index contributed by atoms with van der Waals surface area (Å²) in [5.41, 5.74) is 5.25. The molecule has 0 spiro atoms. The number of fused-ring (bicyclic) bond motifs is 1. The lowest BCUT2D eigenvalue weighted by atomic mass is 9.43. The van der Waals surface area contributed by atoms with Crippen LogP contribution in [0.4, 0.5) is 0 Å². The molecule has 3 aliphatic rings. The second-order valence-corrected chi connectivity index (χ2v) is 9.14. The van der Waals surface area contributed by atoms with Gasteiger partial charge in [0.15, 0.2) is 0 Å². The zero-order valence-corrected chi connectivity index (χ0v) is 13.4. The number of amides is 1. The van der Waals surface area contributed by atoms with Crippen molar-refractivity contribution in [3.8, 4) is 0 Å². The molecule has 0 aromatic heterocycles. The Morgan fingerprint density at radius 3 is 2.13 bits per heavy atom. The normalized spacial score (nSPS) is 46.7. The summed E-state index contributed by atoms with van der Waals surface area (Å²) in [4.78, 5) is 11.9. The summed E-state index contributed by atoms with van der Waals surface area (Å²) in [6.45, 7) is 4.30. The van der Waals surface area contributed by atoms with E-state index < -0.39 is 0 Å². The van der Waals surface area contributed by atoms with Crippen LogP contribution in [0.2, 0.25) is 0 Å². The molecule has 2 nitrogen and oxygen atoms in total. The number of primary amides is 1. The fourth-order valence-corrected chi connectivity index (χ4v) is 8.67. The highest BCUT2D eigenvalue weighted by Crippen LogP contribution is 2.82. The summed E-state index contributed by atoms with van der Waals surface area (Å²) in [5.74, 6) is -0.164. The summed E-state index contributed by atoms with van der Waals surface area (Å²) in [7, 11) is 0. The molecule has 2 N–H and O–H groups in total. The van der Waals surface area contributed by atoms with E-state index in [0.717, 1.165) is 12.8 Å². The van der Waals surface area contributed by atoms with Crippen LogP contribution in [0.1, 0.15) is 26.7 Å². The summed E-state index contributed by atoms with van der Waals surface area (Å²) >= 11 is 10.9. The van der Waals surface area contributed by atoms with Crippen molar-refractivity contribution >= 4 is 53.7 Å². The van der Waals surface area contributed by atoms with E-state index in [2.05, 4.69) is 61.6 Å². The smallest absolute Gasteiger partial charge is 0.225 e. The number of alkyl halides is 3. The Bertz CT molecular complexity index is 331. The maximum Gasteiger partial charge on any atom is 0.225 e. The quantitative estimate of drug-likeness (QED) is 0.707. The highest BCUT2D eigenvalue weighted by molar-refractivity contribution is 9.24. The van der Waals surface area contributed by atoms with E-state index in [-0.39, 0.29) is 30.7 Å². The largest absolute Gasteiger partial charge is 0.369 e. The summed E-state index contributed by atoms with van der Waals surface area (Å²) in [5, 5.41) is 0. The van der Waals surface area contributed by atoms with Gasteiger partial charge in [0.2, 0.25) is 5.91 Å². The van der Waals surface area contributed by atoms with Crippen molar-refractivity contribution in [2.75, 3.05) is 0 Å². The van der Waals surface area contributed by atoms with Gasteiger partial charge in [0, 0.05) is 10.2 Å². The third-order valence-corrected chi connectivity index (χ3v) is 8.16. The first-order chi connectivity index (χ1) is 6.75. The highest BCUT2D eigenvalue weighted by atomic mass is 79.9. The van der Waals surface area contributed by atoms with Crippen LogP contribution < -0.4 is 5.73 Å². The van der Waals surface area contributed by atoms with Crippen molar-refractivity contribution in [3.63, 3.8) is 0 Å². The third kappa shape index (κ3) is 0.998. The molecule has 0 radical (unpaired) electrons. The molecule has 0 unspecified atom stereocenters. The fraction of sp³-hybridized carbons (Fsp3) is 0.900. The predicted octanol–water partition coefficient (Wildman–Crippen LogP) is 3.16. The Labute approximate surface area is 115 Å². The van der Waals surface area contributed by atoms with Gasteiger partial charge in [-0.05, 0) is 18.3 Å². The van der Waals surface area contributed by atoms with Crippen LogP contribution in [0.3, 0.4) is 0 Å².